The van der Waals surface area contributed by atoms with Gasteiger partial charge in [-0.15, -0.1) is 0 Å². The van der Waals surface area contributed by atoms with Gasteiger partial charge >= 0.3 is 0 Å². The molecular formula is C25H21ClN2O2. The van der Waals surface area contributed by atoms with Crippen LogP contribution in [0.25, 0.3) is 22.0 Å². The van der Waals surface area contributed by atoms with Crippen molar-refractivity contribution in [3.8, 4) is 16.9 Å². The van der Waals surface area contributed by atoms with Gasteiger partial charge in [-0.3, -0.25) is 0 Å². The number of aromatic amines is 1. The Morgan fingerprint density at radius 1 is 1.03 bits per heavy atom. The normalized spacial score (nSPS) is 15.8. The molecular weight excluding hydrogens is 396 g/mol. The fraction of sp³-hybridized carbons (Fsp3) is 0.160. The van der Waals surface area contributed by atoms with Gasteiger partial charge in [-0.1, -0.05) is 71.4 Å². The molecule has 1 aromatic heterocycles. The highest BCUT2D eigenvalue weighted by Crippen LogP contribution is 2.39. The van der Waals surface area contributed by atoms with Crippen LogP contribution in [-0.2, 0) is 4.84 Å². The van der Waals surface area contributed by atoms with E-state index in [1.54, 1.807) is 0 Å². The van der Waals surface area contributed by atoms with E-state index in [9.17, 15) is 0 Å². The van der Waals surface area contributed by atoms with Crippen molar-refractivity contribution >= 4 is 28.2 Å². The highest BCUT2D eigenvalue weighted by atomic mass is 35.5. The largest absolute Gasteiger partial charge is 0.492 e. The van der Waals surface area contributed by atoms with Crippen LogP contribution in [0.2, 0.25) is 5.02 Å². The fourth-order valence-electron chi connectivity index (χ4n) is 3.97. The summed E-state index contributed by atoms with van der Waals surface area (Å²) in [6.07, 6.45) is 0.553. The summed E-state index contributed by atoms with van der Waals surface area (Å²) in [7, 11) is 0. The Bertz CT molecular complexity index is 1210. The summed E-state index contributed by atoms with van der Waals surface area (Å²) in [6.45, 7) is 2.60. The van der Waals surface area contributed by atoms with Crippen molar-refractivity contribution in [2.75, 3.05) is 6.61 Å². The quantitative estimate of drug-likeness (QED) is 0.391. The Hall–Kier alpha value is -3.24. The van der Waals surface area contributed by atoms with E-state index in [0.717, 1.165) is 44.7 Å². The van der Waals surface area contributed by atoms with Crippen molar-refractivity contribution < 1.29 is 9.57 Å². The average molecular weight is 417 g/mol. The first-order chi connectivity index (χ1) is 14.7. The van der Waals surface area contributed by atoms with Gasteiger partial charge < -0.3 is 14.6 Å². The Morgan fingerprint density at radius 3 is 2.60 bits per heavy atom. The number of nitrogens with one attached hydrogen (secondary N) is 1. The zero-order valence-electron chi connectivity index (χ0n) is 16.6. The molecule has 4 aromatic rings. The van der Waals surface area contributed by atoms with Crippen LogP contribution >= 0.6 is 11.6 Å². The lowest BCUT2D eigenvalue weighted by atomic mass is 9.97. The summed E-state index contributed by atoms with van der Waals surface area (Å²) >= 11 is 6.03. The number of nitrogens with zero attached hydrogens (tertiary/aromatic N) is 1. The number of aromatic nitrogens is 1. The summed E-state index contributed by atoms with van der Waals surface area (Å²) in [4.78, 5) is 9.39. The number of hydrogen-bond acceptors (Lipinski definition) is 3. The number of para-hydroxylation sites is 1. The Labute approximate surface area is 180 Å². The predicted octanol–water partition coefficient (Wildman–Crippen LogP) is 6.75. The van der Waals surface area contributed by atoms with E-state index in [4.69, 9.17) is 21.2 Å². The molecule has 4 nitrogen and oxygen atoms in total. The van der Waals surface area contributed by atoms with Crippen LogP contribution in [0, 0.1) is 0 Å². The van der Waals surface area contributed by atoms with Crippen molar-refractivity contribution in [1.29, 1.82) is 0 Å². The number of benzene rings is 3. The van der Waals surface area contributed by atoms with Crippen LogP contribution in [0.5, 0.6) is 5.75 Å². The standard InChI is InChI=1S/C25H21ClN2O2/c1-2-29-21-10-6-9-19-23(17-7-4-3-5-8-17)25(27-24(19)21)20-15-22(30-28-20)16-11-13-18(26)14-12-16/h3-14,22,27H,2,15H2,1H3. The maximum atomic E-state index is 6.03. The Kier molecular flexibility index (Phi) is 4.93. The van der Waals surface area contributed by atoms with Crippen LogP contribution in [-0.4, -0.2) is 17.3 Å². The highest BCUT2D eigenvalue weighted by Gasteiger charge is 2.28. The smallest absolute Gasteiger partial charge is 0.158 e. The van der Waals surface area contributed by atoms with Gasteiger partial charge in [-0.25, -0.2) is 0 Å². The van der Waals surface area contributed by atoms with Crippen molar-refractivity contribution in [3.05, 3.63) is 89.1 Å². The van der Waals surface area contributed by atoms with Gasteiger partial charge in [-0.2, -0.15) is 0 Å². The van der Waals surface area contributed by atoms with E-state index in [0.29, 0.717) is 18.1 Å². The van der Waals surface area contributed by atoms with Crippen LogP contribution in [0.3, 0.4) is 0 Å². The average Bonchev–Trinajstić information content (AvgIpc) is 3.41. The van der Waals surface area contributed by atoms with Crippen LogP contribution < -0.4 is 4.74 Å². The lowest BCUT2D eigenvalue weighted by Gasteiger charge is -2.08. The van der Waals surface area contributed by atoms with Crippen molar-refractivity contribution in [2.45, 2.75) is 19.4 Å². The molecule has 0 saturated carbocycles. The molecule has 0 radical (unpaired) electrons. The molecule has 1 aliphatic heterocycles. The van der Waals surface area contributed by atoms with E-state index >= 15 is 0 Å². The summed E-state index contributed by atoms with van der Waals surface area (Å²) < 4.78 is 5.87. The maximum absolute atomic E-state index is 6.03. The molecule has 0 bridgehead atoms. The fourth-order valence-corrected chi connectivity index (χ4v) is 4.09. The predicted molar refractivity (Wildman–Crippen MR) is 121 cm³/mol. The summed E-state index contributed by atoms with van der Waals surface area (Å²) in [5, 5.41) is 6.28. The van der Waals surface area contributed by atoms with Crippen molar-refractivity contribution in [1.82, 2.24) is 4.98 Å². The monoisotopic (exact) mass is 416 g/mol. The molecule has 3 aromatic carbocycles. The second-order valence-corrected chi connectivity index (χ2v) is 7.68. The number of halogens is 1. The third-order valence-corrected chi connectivity index (χ3v) is 5.61. The van der Waals surface area contributed by atoms with Crippen LogP contribution in [0.15, 0.2) is 78.0 Å². The van der Waals surface area contributed by atoms with Gasteiger partial charge in [0.05, 0.1) is 17.8 Å². The minimum Gasteiger partial charge on any atom is -0.492 e. The maximum Gasteiger partial charge on any atom is 0.158 e. The highest BCUT2D eigenvalue weighted by molar-refractivity contribution is 6.30. The molecule has 1 N–H and O–H groups in total. The van der Waals surface area contributed by atoms with E-state index in [2.05, 4.69) is 28.3 Å². The lowest BCUT2D eigenvalue weighted by Crippen LogP contribution is -2.03. The number of ether oxygens (including phenoxy) is 1. The molecule has 0 spiro atoms. The van der Waals surface area contributed by atoms with Gasteiger partial charge in [-0.05, 0) is 36.2 Å². The first kappa shape index (κ1) is 18.8. The van der Waals surface area contributed by atoms with Gasteiger partial charge in [0.25, 0.3) is 0 Å². The zero-order chi connectivity index (χ0) is 20.5. The minimum atomic E-state index is -0.126. The molecule has 30 heavy (non-hydrogen) atoms. The van der Waals surface area contributed by atoms with E-state index < -0.39 is 0 Å². The molecule has 150 valence electrons. The van der Waals surface area contributed by atoms with Gasteiger partial charge in [0.2, 0.25) is 0 Å². The molecule has 5 heteroatoms. The van der Waals surface area contributed by atoms with E-state index in [1.807, 2.05) is 61.5 Å². The number of rotatable bonds is 5. The third kappa shape index (κ3) is 3.33. The van der Waals surface area contributed by atoms with Gasteiger partial charge in [0.15, 0.2) is 6.10 Å². The topological polar surface area (TPSA) is 46.6 Å². The summed E-state index contributed by atoms with van der Waals surface area (Å²) in [5.74, 6) is 0.840. The van der Waals surface area contributed by atoms with Crippen molar-refractivity contribution in [2.24, 2.45) is 5.16 Å². The van der Waals surface area contributed by atoms with Gasteiger partial charge in [0, 0.05) is 22.4 Å². The molecule has 0 aliphatic carbocycles. The SMILES string of the molecule is CCOc1cccc2c(-c3ccccc3)c(C3=NOC(c4ccc(Cl)cc4)C3)[nH]c12. The summed E-state index contributed by atoms with van der Waals surface area (Å²) in [5.41, 5.74) is 6.15. The molecule has 0 saturated heterocycles. The zero-order valence-corrected chi connectivity index (χ0v) is 17.3. The lowest BCUT2D eigenvalue weighted by molar-refractivity contribution is 0.0857. The number of H-pyrrole nitrogens is 1. The first-order valence-electron chi connectivity index (χ1n) is 10.1. The van der Waals surface area contributed by atoms with Gasteiger partial charge in [0.1, 0.15) is 11.5 Å². The molecule has 0 fully saturated rings. The second-order valence-electron chi connectivity index (χ2n) is 7.24. The third-order valence-electron chi connectivity index (χ3n) is 5.36. The molecule has 1 aliphatic rings. The molecule has 1 atom stereocenters. The van der Waals surface area contributed by atoms with E-state index in [1.165, 1.54) is 0 Å². The van der Waals surface area contributed by atoms with Crippen LogP contribution in [0.4, 0.5) is 0 Å². The van der Waals surface area contributed by atoms with E-state index in [-0.39, 0.29) is 6.10 Å². The van der Waals surface area contributed by atoms with Crippen molar-refractivity contribution in [3.63, 3.8) is 0 Å². The Balaban J connectivity index is 1.60. The first-order valence-corrected chi connectivity index (χ1v) is 10.4. The van der Waals surface area contributed by atoms with Crippen LogP contribution in [0.1, 0.15) is 30.7 Å². The number of fused-ring (bicyclic) bond motifs is 1. The minimum absolute atomic E-state index is 0.126. The molecule has 2 heterocycles. The number of hydrogen-bond donors (Lipinski definition) is 1. The molecule has 0 amide bonds. The number of oxime groups is 1. The molecule has 5 rings (SSSR count). The second kappa shape index (κ2) is 7.88. The Morgan fingerprint density at radius 2 is 1.83 bits per heavy atom. The molecule has 1 unspecified atom stereocenters. The summed E-state index contributed by atoms with van der Waals surface area (Å²) in [6, 6.07) is 24.2.